The Labute approximate surface area is 206 Å². The summed E-state index contributed by atoms with van der Waals surface area (Å²) in [4.78, 5) is 0. The summed E-state index contributed by atoms with van der Waals surface area (Å²) in [5.74, 6) is 1.16. The molecule has 0 radical (unpaired) electrons. The van der Waals surface area contributed by atoms with Crippen LogP contribution in [-0.4, -0.2) is 58.4 Å². The molecule has 2 heterocycles. The quantitative estimate of drug-likeness (QED) is 0.358. The van der Waals surface area contributed by atoms with Crippen LogP contribution >= 0.6 is 0 Å². The molecule has 2 bridgehead atoms. The fourth-order valence-electron chi connectivity index (χ4n) is 8.17. The van der Waals surface area contributed by atoms with Crippen LogP contribution in [-0.2, 0) is 23.0 Å². The van der Waals surface area contributed by atoms with Crippen molar-refractivity contribution in [3.05, 3.63) is 64.4 Å². The first-order valence-electron chi connectivity index (χ1n) is 13.4. The Morgan fingerprint density at radius 3 is 2.71 bits per heavy atom. The van der Waals surface area contributed by atoms with Crippen LogP contribution in [0.3, 0.4) is 0 Å². The van der Waals surface area contributed by atoms with Crippen molar-refractivity contribution in [3.63, 3.8) is 0 Å². The maximum Gasteiger partial charge on any atom is 0.165 e. The summed E-state index contributed by atoms with van der Waals surface area (Å²) < 4.78 is 13.2. The lowest BCUT2D eigenvalue weighted by Crippen LogP contribution is -2.81. The van der Waals surface area contributed by atoms with Gasteiger partial charge < -0.3 is 29.5 Å². The molecule has 7 rings (SSSR count). The van der Waals surface area contributed by atoms with Crippen molar-refractivity contribution in [2.24, 2.45) is 5.92 Å². The van der Waals surface area contributed by atoms with Gasteiger partial charge in [-0.05, 0) is 55.7 Å². The topological polar surface area (TPSA) is 82.0 Å². The van der Waals surface area contributed by atoms with Gasteiger partial charge in [-0.3, -0.25) is 0 Å². The number of ether oxygens (including phenoxy) is 2. The number of quaternary nitrogens is 1. The molecule has 2 saturated carbocycles. The van der Waals surface area contributed by atoms with Crippen molar-refractivity contribution in [1.29, 1.82) is 0 Å². The Bertz CT molecular complexity index is 1140. The maximum absolute atomic E-state index is 14.6. The number of piperidine rings is 1. The standard InChI is InChI=1S/C29H35NO5/c31-22-11-10-21-17-24-29(34-16-4-7-19-5-2-1-3-6-19)13-12-23(32)27-28(29,25(21)26(22)35-27)14-15-30(24,33)18-20-8-9-20/h1-3,5-6,10-11,20,23-24,27,31-32H,4,7-9,12-18H2/t23-,24+,27-,28-,29?,30-/m0/s1. The number of phenolic OH excluding ortho intramolecular Hbond substituents is 1. The van der Waals surface area contributed by atoms with E-state index in [1.54, 1.807) is 6.07 Å². The highest BCUT2D eigenvalue weighted by Crippen LogP contribution is 2.67. The van der Waals surface area contributed by atoms with Crippen molar-refractivity contribution >= 4 is 0 Å². The molecular weight excluding hydrogens is 442 g/mol. The Hall–Kier alpha value is -2.12. The largest absolute Gasteiger partial charge is 0.632 e. The van der Waals surface area contributed by atoms with Gasteiger partial charge in [-0.15, -0.1) is 0 Å². The van der Waals surface area contributed by atoms with Crippen LogP contribution < -0.4 is 4.74 Å². The second-order valence-corrected chi connectivity index (χ2v) is 11.7. The van der Waals surface area contributed by atoms with Crippen LogP contribution in [0.4, 0.5) is 0 Å². The first-order valence-corrected chi connectivity index (χ1v) is 13.4. The number of aliphatic hydroxyl groups is 1. The van der Waals surface area contributed by atoms with Gasteiger partial charge in [0, 0.05) is 30.9 Å². The zero-order valence-corrected chi connectivity index (χ0v) is 20.2. The monoisotopic (exact) mass is 477 g/mol. The molecule has 6 atom stereocenters. The predicted molar refractivity (Wildman–Crippen MR) is 131 cm³/mol. The maximum atomic E-state index is 14.6. The van der Waals surface area contributed by atoms with Gasteiger partial charge in [0.2, 0.25) is 0 Å². The fourth-order valence-corrected chi connectivity index (χ4v) is 8.17. The van der Waals surface area contributed by atoms with Crippen molar-refractivity contribution in [1.82, 2.24) is 0 Å². The minimum absolute atomic E-state index is 0.127. The minimum atomic E-state index is -0.686. The molecule has 1 spiro atoms. The summed E-state index contributed by atoms with van der Waals surface area (Å²) in [6.07, 6.45) is 5.49. The number of aromatic hydroxyl groups is 1. The van der Waals surface area contributed by atoms with Crippen LogP contribution in [0.2, 0.25) is 0 Å². The Morgan fingerprint density at radius 2 is 1.91 bits per heavy atom. The molecule has 2 N–H and O–H groups in total. The van der Waals surface area contributed by atoms with E-state index in [1.165, 1.54) is 5.56 Å². The molecule has 6 heteroatoms. The highest BCUT2D eigenvalue weighted by molar-refractivity contribution is 5.62. The predicted octanol–water partition coefficient (Wildman–Crippen LogP) is 3.99. The number of hydrogen-bond donors (Lipinski definition) is 2. The smallest absolute Gasteiger partial charge is 0.165 e. The molecule has 2 aliphatic heterocycles. The van der Waals surface area contributed by atoms with Crippen molar-refractivity contribution < 1.29 is 24.3 Å². The van der Waals surface area contributed by atoms with Gasteiger partial charge in [0.05, 0.1) is 24.6 Å². The highest BCUT2D eigenvalue weighted by Gasteiger charge is 2.77. The first kappa shape index (κ1) is 22.1. The van der Waals surface area contributed by atoms with Gasteiger partial charge in [-0.2, -0.15) is 0 Å². The molecule has 35 heavy (non-hydrogen) atoms. The number of rotatable bonds is 7. The van der Waals surface area contributed by atoms with Gasteiger partial charge >= 0.3 is 0 Å². The normalized spacial score (nSPS) is 38.6. The van der Waals surface area contributed by atoms with E-state index in [2.05, 4.69) is 24.3 Å². The number of nitrogens with zero attached hydrogens (tertiary/aromatic N) is 1. The zero-order valence-electron chi connectivity index (χ0n) is 20.2. The van der Waals surface area contributed by atoms with E-state index >= 15 is 0 Å². The SMILES string of the molecule is [O-][N@+]1(CC2CC2)CC[C@]23c4c5ccc(O)c4O[C@H]2[C@@H](O)CCC3(OCCCc2ccccc2)[C@H]1C5. The van der Waals surface area contributed by atoms with E-state index in [-0.39, 0.29) is 16.4 Å². The molecule has 3 fully saturated rings. The van der Waals surface area contributed by atoms with E-state index in [4.69, 9.17) is 9.47 Å². The summed E-state index contributed by atoms with van der Waals surface area (Å²) in [6.45, 7) is 1.77. The van der Waals surface area contributed by atoms with Crippen LogP contribution in [0.25, 0.3) is 0 Å². The van der Waals surface area contributed by atoms with E-state index < -0.39 is 23.2 Å². The Kier molecular flexibility index (Phi) is 4.86. The van der Waals surface area contributed by atoms with Crippen LogP contribution in [0.15, 0.2) is 42.5 Å². The lowest BCUT2D eigenvalue weighted by atomic mass is 9.48. The van der Waals surface area contributed by atoms with E-state index in [1.807, 2.05) is 12.1 Å². The number of phenols is 1. The average molecular weight is 478 g/mol. The lowest BCUT2D eigenvalue weighted by molar-refractivity contribution is -0.924. The second kappa shape index (κ2) is 7.69. The minimum Gasteiger partial charge on any atom is -0.632 e. The molecule has 0 aromatic heterocycles. The van der Waals surface area contributed by atoms with Gasteiger partial charge in [-0.25, -0.2) is 0 Å². The summed E-state index contributed by atoms with van der Waals surface area (Å²) in [5.41, 5.74) is 2.13. The Balaban J connectivity index is 1.30. The third-order valence-electron chi connectivity index (χ3n) is 9.80. The molecule has 0 amide bonds. The molecule has 2 aromatic rings. The average Bonchev–Trinajstić information content (AvgIpc) is 3.59. The van der Waals surface area contributed by atoms with Crippen molar-refractivity contribution in [2.45, 2.75) is 80.6 Å². The summed E-state index contributed by atoms with van der Waals surface area (Å²) >= 11 is 0. The molecule has 186 valence electrons. The summed E-state index contributed by atoms with van der Waals surface area (Å²) in [5, 5.41) is 36.5. The van der Waals surface area contributed by atoms with Gasteiger partial charge in [0.15, 0.2) is 11.5 Å². The number of aryl methyl sites for hydroxylation is 1. The number of hydrogen-bond acceptors (Lipinski definition) is 5. The van der Waals surface area contributed by atoms with Gasteiger partial charge in [-0.1, -0.05) is 36.4 Å². The highest BCUT2D eigenvalue weighted by atomic mass is 16.6. The Morgan fingerprint density at radius 1 is 1.09 bits per heavy atom. The van der Waals surface area contributed by atoms with E-state index in [0.29, 0.717) is 57.0 Å². The molecule has 1 saturated heterocycles. The van der Waals surface area contributed by atoms with Crippen molar-refractivity contribution in [3.8, 4) is 11.5 Å². The lowest BCUT2D eigenvalue weighted by Gasteiger charge is -2.69. The number of benzene rings is 2. The first-order chi connectivity index (χ1) is 17.0. The van der Waals surface area contributed by atoms with Gasteiger partial charge in [0.1, 0.15) is 17.7 Å². The summed E-state index contributed by atoms with van der Waals surface area (Å²) in [6, 6.07) is 13.9. The third-order valence-corrected chi connectivity index (χ3v) is 9.80. The van der Waals surface area contributed by atoms with Crippen LogP contribution in [0.5, 0.6) is 11.5 Å². The third kappa shape index (κ3) is 3.03. The van der Waals surface area contributed by atoms with Gasteiger partial charge in [0.25, 0.3) is 0 Å². The second-order valence-electron chi connectivity index (χ2n) is 11.7. The number of hydroxylamine groups is 3. The molecule has 6 nitrogen and oxygen atoms in total. The number of likely N-dealkylation sites (tertiary alicyclic amines) is 1. The van der Waals surface area contributed by atoms with Crippen molar-refractivity contribution in [2.75, 3.05) is 19.7 Å². The van der Waals surface area contributed by atoms with E-state index in [9.17, 15) is 15.4 Å². The molecule has 2 aromatic carbocycles. The molecular formula is C29H35NO5. The summed E-state index contributed by atoms with van der Waals surface area (Å²) in [7, 11) is 0. The van der Waals surface area contributed by atoms with Crippen LogP contribution in [0.1, 0.15) is 55.2 Å². The number of aliphatic hydroxyl groups excluding tert-OH is 1. The zero-order chi connectivity index (χ0) is 23.8. The molecule has 5 aliphatic rings. The fraction of sp³-hybridized carbons (Fsp3) is 0.586. The van der Waals surface area contributed by atoms with Crippen LogP contribution in [0, 0.1) is 11.1 Å². The molecule has 1 unspecified atom stereocenters. The van der Waals surface area contributed by atoms with E-state index in [0.717, 1.165) is 36.8 Å². The molecule has 3 aliphatic carbocycles.